The number of ether oxygens (including phenoxy) is 1. The lowest BCUT2D eigenvalue weighted by atomic mass is 9.98. The minimum atomic E-state index is 0.209. The van der Waals surface area contributed by atoms with Crippen molar-refractivity contribution in [3.63, 3.8) is 0 Å². The van der Waals surface area contributed by atoms with E-state index in [1.54, 1.807) is 7.11 Å². The third-order valence-corrected chi connectivity index (χ3v) is 6.93. The Morgan fingerprint density at radius 2 is 1.79 bits per heavy atom. The molecule has 186 valence electrons. The molecule has 0 radical (unpaired) electrons. The summed E-state index contributed by atoms with van der Waals surface area (Å²) in [4.78, 5) is 13.1. The van der Waals surface area contributed by atoms with Gasteiger partial charge in [-0.3, -0.25) is 9.36 Å². The van der Waals surface area contributed by atoms with E-state index >= 15 is 0 Å². The number of benzene rings is 1. The molecule has 1 aliphatic heterocycles. The maximum atomic E-state index is 13.1. The molecule has 0 spiro atoms. The largest absolute Gasteiger partial charge is 0.497 e. The number of allylic oxidation sites excluding steroid dienone is 4. The first kappa shape index (κ1) is 26.3. The summed E-state index contributed by atoms with van der Waals surface area (Å²) in [5, 5.41) is 4.61. The summed E-state index contributed by atoms with van der Waals surface area (Å²) in [7, 11) is 1.70. The van der Waals surface area contributed by atoms with Gasteiger partial charge in [0.15, 0.2) is 0 Å². The summed E-state index contributed by atoms with van der Waals surface area (Å²) >= 11 is 0. The smallest absolute Gasteiger partial charge is 0.231 e. The van der Waals surface area contributed by atoms with Gasteiger partial charge in [0.05, 0.1) is 12.6 Å². The van der Waals surface area contributed by atoms with Gasteiger partial charge in [-0.05, 0) is 74.8 Å². The lowest BCUT2D eigenvalue weighted by Crippen LogP contribution is -2.09. The maximum Gasteiger partial charge on any atom is 0.231 e. The molecule has 1 aromatic heterocycles. The Morgan fingerprint density at radius 1 is 1.06 bits per heavy atom. The summed E-state index contributed by atoms with van der Waals surface area (Å²) < 4.78 is 7.34. The van der Waals surface area contributed by atoms with Gasteiger partial charge in [0.2, 0.25) is 5.91 Å². The highest BCUT2D eigenvalue weighted by molar-refractivity contribution is 5.95. The van der Waals surface area contributed by atoms with Gasteiger partial charge in [0.1, 0.15) is 5.75 Å². The van der Waals surface area contributed by atoms with Crippen LogP contribution in [-0.4, -0.2) is 30.7 Å². The van der Waals surface area contributed by atoms with E-state index < -0.39 is 0 Å². The molecule has 1 atom stereocenters. The zero-order chi connectivity index (χ0) is 24.0. The third kappa shape index (κ3) is 7.87. The molecule has 4 heteroatoms. The van der Waals surface area contributed by atoms with Crippen LogP contribution >= 0.6 is 0 Å². The quantitative estimate of drug-likeness (QED) is 0.216. The highest BCUT2D eigenvalue weighted by Crippen LogP contribution is 2.33. The number of aromatic nitrogens is 1. The molecule has 2 aromatic rings. The second-order valence-electron chi connectivity index (χ2n) is 9.58. The summed E-state index contributed by atoms with van der Waals surface area (Å²) in [5.41, 5.74) is 2.29. The number of rotatable bonds is 15. The van der Waals surface area contributed by atoms with Crippen molar-refractivity contribution in [3.05, 3.63) is 54.3 Å². The maximum absolute atomic E-state index is 13.1. The van der Waals surface area contributed by atoms with Gasteiger partial charge >= 0.3 is 0 Å². The zero-order valence-corrected chi connectivity index (χ0v) is 21.4. The second-order valence-corrected chi connectivity index (χ2v) is 9.58. The molecule has 34 heavy (non-hydrogen) atoms. The molecule has 1 saturated heterocycles. The molecule has 1 fully saturated rings. The Morgan fingerprint density at radius 3 is 2.50 bits per heavy atom. The first-order valence-electron chi connectivity index (χ1n) is 13.5. The van der Waals surface area contributed by atoms with Crippen LogP contribution in [0.3, 0.4) is 0 Å². The van der Waals surface area contributed by atoms with E-state index in [4.69, 9.17) is 4.74 Å². The molecule has 3 rings (SSSR count). The second kappa shape index (κ2) is 14.8. The first-order valence-corrected chi connectivity index (χ1v) is 13.5. The summed E-state index contributed by atoms with van der Waals surface area (Å²) in [5.74, 6) is 1.53. The molecule has 0 aliphatic carbocycles. The van der Waals surface area contributed by atoms with Crippen LogP contribution in [0.15, 0.2) is 48.7 Å². The summed E-state index contributed by atoms with van der Waals surface area (Å²) in [6.45, 7) is 4.27. The fraction of sp³-hybridized carbons (Fsp3) is 0.567. The van der Waals surface area contributed by atoms with E-state index in [-0.39, 0.29) is 5.91 Å². The molecule has 4 nitrogen and oxygen atoms in total. The lowest BCUT2D eigenvalue weighted by molar-refractivity contribution is 0.0904. The molecular formula is C30H44N2O2. The van der Waals surface area contributed by atoms with Crippen LogP contribution in [0.4, 0.5) is 0 Å². The molecule has 1 N–H and O–H groups in total. The monoisotopic (exact) mass is 464 g/mol. The SMILES string of the molecule is CCCCC/C=C\C=C/CCCCCCCC(=O)n1cc([C@@H]2CCNC2)c2cc(OC)ccc21. The predicted octanol–water partition coefficient (Wildman–Crippen LogP) is 7.79. The van der Waals surface area contributed by atoms with Crippen molar-refractivity contribution in [1.82, 2.24) is 9.88 Å². The number of unbranched alkanes of at least 4 members (excludes halogenated alkanes) is 8. The van der Waals surface area contributed by atoms with E-state index in [9.17, 15) is 4.79 Å². The molecular weight excluding hydrogens is 420 g/mol. The van der Waals surface area contributed by atoms with E-state index in [1.165, 1.54) is 50.5 Å². The number of fused-ring (bicyclic) bond motifs is 1. The van der Waals surface area contributed by atoms with Crippen molar-refractivity contribution >= 4 is 16.8 Å². The van der Waals surface area contributed by atoms with Crippen LogP contribution < -0.4 is 10.1 Å². The fourth-order valence-electron chi connectivity index (χ4n) is 4.86. The van der Waals surface area contributed by atoms with E-state index in [2.05, 4.69) is 48.8 Å². The van der Waals surface area contributed by atoms with Crippen molar-refractivity contribution in [2.24, 2.45) is 0 Å². The van der Waals surface area contributed by atoms with Crippen molar-refractivity contribution in [1.29, 1.82) is 0 Å². The van der Waals surface area contributed by atoms with Crippen molar-refractivity contribution in [3.8, 4) is 5.75 Å². The van der Waals surface area contributed by atoms with Gasteiger partial charge < -0.3 is 10.1 Å². The third-order valence-electron chi connectivity index (χ3n) is 6.93. The van der Waals surface area contributed by atoms with Gasteiger partial charge in [-0.1, -0.05) is 63.3 Å². The fourth-order valence-corrected chi connectivity index (χ4v) is 4.86. The molecule has 0 amide bonds. The lowest BCUT2D eigenvalue weighted by Gasteiger charge is -2.07. The number of nitrogens with one attached hydrogen (secondary N) is 1. The Kier molecular flexibility index (Phi) is 11.5. The Bertz CT molecular complexity index is 935. The molecule has 2 heterocycles. The Balaban J connectivity index is 1.39. The van der Waals surface area contributed by atoms with Crippen LogP contribution in [0.1, 0.15) is 100 Å². The average molecular weight is 465 g/mol. The molecule has 1 aliphatic rings. The number of hydrogen-bond donors (Lipinski definition) is 1. The van der Waals surface area contributed by atoms with E-state index in [0.717, 1.165) is 55.4 Å². The minimum absolute atomic E-state index is 0.209. The zero-order valence-electron chi connectivity index (χ0n) is 21.4. The highest BCUT2D eigenvalue weighted by Gasteiger charge is 2.23. The van der Waals surface area contributed by atoms with Gasteiger partial charge in [-0.2, -0.15) is 0 Å². The van der Waals surface area contributed by atoms with Gasteiger partial charge in [-0.15, -0.1) is 0 Å². The number of carbonyl (C=O) groups excluding carboxylic acids is 1. The first-order chi connectivity index (χ1) is 16.7. The number of carbonyl (C=O) groups is 1. The van der Waals surface area contributed by atoms with Crippen LogP contribution in [0.2, 0.25) is 0 Å². The predicted molar refractivity (Wildman–Crippen MR) is 144 cm³/mol. The van der Waals surface area contributed by atoms with E-state index in [0.29, 0.717) is 12.3 Å². The highest BCUT2D eigenvalue weighted by atomic mass is 16.5. The van der Waals surface area contributed by atoms with Crippen LogP contribution in [0.5, 0.6) is 5.75 Å². The van der Waals surface area contributed by atoms with Gasteiger partial charge in [0.25, 0.3) is 0 Å². The standard InChI is InChI=1S/C30H44N2O2/c1-3-4-5-6-7-8-9-10-11-12-13-14-15-16-17-30(33)32-24-28(25-20-21-31-23-25)27-22-26(34-2)18-19-29(27)32/h7-10,18-19,22,24-25,31H,3-6,11-17,20-21,23H2,1-2H3/b8-7-,10-9-/t25-/m1/s1. The Labute approximate surface area is 206 Å². The summed E-state index contributed by atoms with van der Waals surface area (Å²) in [6.07, 6.45) is 24.8. The van der Waals surface area contributed by atoms with Gasteiger partial charge in [-0.25, -0.2) is 0 Å². The minimum Gasteiger partial charge on any atom is -0.497 e. The molecule has 0 bridgehead atoms. The number of nitrogens with zero attached hydrogens (tertiary/aromatic N) is 1. The van der Waals surface area contributed by atoms with Crippen molar-refractivity contribution < 1.29 is 9.53 Å². The Hall–Kier alpha value is -2.33. The van der Waals surface area contributed by atoms with Crippen molar-refractivity contribution in [2.45, 2.75) is 89.9 Å². The number of methoxy groups -OCH3 is 1. The van der Waals surface area contributed by atoms with Gasteiger partial charge in [0, 0.05) is 24.5 Å². The van der Waals surface area contributed by atoms with Crippen LogP contribution in [0.25, 0.3) is 10.9 Å². The normalized spacial score (nSPS) is 16.4. The van der Waals surface area contributed by atoms with Crippen molar-refractivity contribution in [2.75, 3.05) is 20.2 Å². The summed E-state index contributed by atoms with van der Waals surface area (Å²) in [6, 6.07) is 6.08. The number of hydrogen-bond acceptors (Lipinski definition) is 3. The van der Waals surface area contributed by atoms with Crippen LogP contribution in [-0.2, 0) is 0 Å². The van der Waals surface area contributed by atoms with E-state index in [1.807, 2.05) is 16.7 Å². The molecule has 1 aromatic carbocycles. The molecule has 0 unspecified atom stereocenters. The van der Waals surface area contributed by atoms with Crippen LogP contribution in [0, 0.1) is 0 Å². The molecule has 0 saturated carbocycles. The topological polar surface area (TPSA) is 43.3 Å². The average Bonchev–Trinajstić information content (AvgIpc) is 3.51.